The molecule has 0 aliphatic heterocycles. The lowest BCUT2D eigenvalue weighted by Crippen LogP contribution is -2.51. The van der Waals surface area contributed by atoms with Gasteiger partial charge in [-0.15, -0.1) is 23.7 Å². The summed E-state index contributed by atoms with van der Waals surface area (Å²) in [5.41, 5.74) is 6.12. The molecule has 1 atom stereocenters. The monoisotopic (exact) mass is 277 g/mol. The third-order valence-electron chi connectivity index (χ3n) is 2.35. The number of rotatable bonds is 5. The van der Waals surface area contributed by atoms with E-state index in [-0.39, 0.29) is 18.3 Å². The highest BCUT2D eigenvalue weighted by molar-refractivity contribution is 7.09. The van der Waals surface area contributed by atoms with E-state index in [1.807, 2.05) is 19.2 Å². The Bertz CT molecular complexity index is 365. The summed E-state index contributed by atoms with van der Waals surface area (Å²) in [6.07, 6.45) is 1.59. The molecule has 1 unspecified atom stereocenters. The lowest BCUT2D eigenvalue weighted by atomic mass is 9.97. The van der Waals surface area contributed by atoms with Crippen molar-refractivity contribution in [1.29, 1.82) is 0 Å². The fourth-order valence-electron chi connectivity index (χ4n) is 1.47. The molecule has 6 heteroatoms. The van der Waals surface area contributed by atoms with Crippen LogP contribution in [0.1, 0.15) is 37.4 Å². The van der Waals surface area contributed by atoms with Gasteiger partial charge in [-0.05, 0) is 20.3 Å². The Balaban J connectivity index is 0.00000256. The van der Waals surface area contributed by atoms with Gasteiger partial charge in [-0.3, -0.25) is 4.79 Å². The molecule has 0 aliphatic carbocycles. The number of amides is 1. The predicted molar refractivity (Wildman–Crippen MR) is 73.4 cm³/mol. The standard InChI is InChI=1S/C11H19N3OS.ClH/c1-4-5-11(3,12)10(15)13-6-9-14-8(2)7-16-9;/h7H,4-6,12H2,1-3H3,(H,13,15);1H. The lowest BCUT2D eigenvalue weighted by Gasteiger charge is -2.22. The van der Waals surface area contributed by atoms with Crippen molar-refractivity contribution in [2.24, 2.45) is 5.73 Å². The number of nitrogens with two attached hydrogens (primary N) is 1. The van der Waals surface area contributed by atoms with E-state index in [0.717, 1.165) is 17.1 Å². The highest BCUT2D eigenvalue weighted by atomic mass is 35.5. The molecule has 1 aromatic heterocycles. The number of carbonyl (C=O) groups excluding carboxylic acids is 1. The summed E-state index contributed by atoms with van der Waals surface area (Å²) < 4.78 is 0. The van der Waals surface area contributed by atoms with Crippen LogP contribution in [-0.2, 0) is 11.3 Å². The van der Waals surface area contributed by atoms with Gasteiger partial charge < -0.3 is 11.1 Å². The maximum Gasteiger partial charge on any atom is 0.240 e. The second kappa shape index (κ2) is 6.93. The van der Waals surface area contributed by atoms with Gasteiger partial charge in [0.15, 0.2) is 0 Å². The van der Waals surface area contributed by atoms with Gasteiger partial charge >= 0.3 is 0 Å². The van der Waals surface area contributed by atoms with E-state index in [2.05, 4.69) is 10.3 Å². The van der Waals surface area contributed by atoms with Gasteiger partial charge in [0.25, 0.3) is 0 Å². The number of nitrogens with zero attached hydrogens (tertiary/aromatic N) is 1. The number of aromatic nitrogens is 1. The van der Waals surface area contributed by atoms with Crippen LogP contribution in [0.3, 0.4) is 0 Å². The van der Waals surface area contributed by atoms with Crippen LogP contribution >= 0.6 is 23.7 Å². The second-order valence-electron chi connectivity index (χ2n) is 4.23. The Morgan fingerprint density at radius 3 is 2.76 bits per heavy atom. The van der Waals surface area contributed by atoms with Gasteiger partial charge in [0, 0.05) is 11.1 Å². The predicted octanol–water partition coefficient (Wildman–Crippen LogP) is 2.01. The summed E-state index contributed by atoms with van der Waals surface area (Å²) in [7, 11) is 0. The second-order valence-corrected chi connectivity index (χ2v) is 5.18. The van der Waals surface area contributed by atoms with Gasteiger partial charge in [0.1, 0.15) is 5.01 Å². The topological polar surface area (TPSA) is 68.0 Å². The number of thiazole rings is 1. The largest absolute Gasteiger partial charge is 0.348 e. The minimum Gasteiger partial charge on any atom is -0.348 e. The quantitative estimate of drug-likeness (QED) is 0.865. The summed E-state index contributed by atoms with van der Waals surface area (Å²) in [5.74, 6) is -0.109. The molecule has 4 nitrogen and oxygen atoms in total. The Morgan fingerprint density at radius 2 is 2.29 bits per heavy atom. The molecule has 0 spiro atoms. The van der Waals surface area contributed by atoms with Gasteiger partial charge in [-0.25, -0.2) is 4.98 Å². The fraction of sp³-hybridized carbons (Fsp3) is 0.636. The van der Waals surface area contributed by atoms with Crippen LogP contribution in [-0.4, -0.2) is 16.4 Å². The Kier molecular flexibility index (Phi) is 6.67. The smallest absolute Gasteiger partial charge is 0.240 e. The number of hydrogen-bond acceptors (Lipinski definition) is 4. The highest BCUT2D eigenvalue weighted by Gasteiger charge is 2.26. The first-order chi connectivity index (χ1) is 7.45. The average molecular weight is 278 g/mol. The van der Waals surface area contributed by atoms with Crippen LogP contribution in [0.25, 0.3) is 0 Å². The van der Waals surface area contributed by atoms with Gasteiger partial charge in [-0.2, -0.15) is 0 Å². The molecule has 1 amide bonds. The van der Waals surface area contributed by atoms with E-state index < -0.39 is 5.54 Å². The molecule has 0 aliphatic rings. The molecule has 0 fully saturated rings. The molecular formula is C11H20ClN3OS. The van der Waals surface area contributed by atoms with E-state index in [1.54, 1.807) is 18.3 Å². The molecule has 0 aromatic carbocycles. The van der Waals surface area contributed by atoms with Crippen molar-refractivity contribution in [2.45, 2.75) is 45.7 Å². The summed E-state index contributed by atoms with van der Waals surface area (Å²) >= 11 is 1.55. The number of nitrogens with one attached hydrogen (secondary N) is 1. The van der Waals surface area contributed by atoms with Crippen LogP contribution in [0.4, 0.5) is 0 Å². The van der Waals surface area contributed by atoms with Gasteiger partial charge in [0.2, 0.25) is 5.91 Å². The first-order valence-corrected chi connectivity index (χ1v) is 6.32. The Morgan fingerprint density at radius 1 is 1.65 bits per heavy atom. The first-order valence-electron chi connectivity index (χ1n) is 5.44. The molecule has 0 bridgehead atoms. The number of carbonyl (C=O) groups is 1. The van der Waals surface area contributed by atoms with E-state index >= 15 is 0 Å². The maximum absolute atomic E-state index is 11.8. The van der Waals surface area contributed by atoms with E-state index in [1.165, 1.54) is 0 Å². The average Bonchev–Trinajstić information content (AvgIpc) is 2.60. The molecule has 1 rings (SSSR count). The lowest BCUT2D eigenvalue weighted by molar-refractivity contribution is -0.126. The fourth-order valence-corrected chi connectivity index (χ4v) is 2.19. The summed E-state index contributed by atoms with van der Waals surface area (Å²) in [6, 6.07) is 0. The van der Waals surface area contributed by atoms with E-state index in [0.29, 0.717) is 13.0 Å². The van der Waals surface area contributed by atoms with Gasteiger partial charge in [-0.1, -0.05) is 13.3 Å². The number of aryl methyl sites for hydroxylation is 1. The minimum atomic E-state index is -0.777. The Hall–Kier alpha value is -0.650. The summed E-state index contributed by atoms with van der Waals surface area (Å²) in [5, 5.41) is 5.70. The van der Waals surface area contributed by atoms with Crippen molar-refractivity contribution in [1.82, 2.24) is 10.3 Å². The van der Waals surface area contributed by atoms with E-state index in [9.17, 15) is 4.79 Å². The third-order valence-corrected chi connectivity index (χ3v) is 3.32. The van der Waals surface area contributed by atoms with Crippen molar-refractivity contribution in [3.05, 3.63) is 16.1 Å². The van der Waals surface area contributed by atoms with Crippen molar-refractivity contribution < 1.29 is 4.79 Å². The third kappa shape index (κ3) is 5.02. The zero-order valence-electron chi connectivity index (χ0n) is 10.4. The maximum atomic E-state index is 11.8. The zero-order valence-corrected chi connectivity index (χ0v) is 12.1. The van der Waals surface area contributed by atoms with Crippen molar-refractivity contribution >= 4 is 29.7 Å². The minimum absolute atomic E-state index is 0. The number of halogens is 1. The first kappa shape index (κ1) is 16.4. The molecule has 0 radical (unpaired) electrons. The highest BCUT2D eigenvalue weighted by Crippen LogP contribution is 2.11. The van der Waals surface area contributed by atoms with Crippen molar-refractivity contribution in [2.75, 3.05) is 0 Å². The molecule has 17 heavy (non-hydrogen) atoms. The zero-order chi connectivity index (χ0) is 12.2. The molecule has 1 heterocycles. The summed E-state index contributed by atoms with van der Waals surface area (Å²) in [6.45, 7) is 6.18. The van der Waals surface area contributed by atoms with Crippen LogP contribution in [0.5, 0.6) is 0 Å². The van der Waals surface area contributed by atoms with E-state index in [4.69, 9.17) is 5.73 Å². The number of hydrogen-bond donors (Lipinski definition) is 2. The van der Waals surface area contributed by atoms with Crippen LogP contribution < -0.4 is 11.1 Å². The Labute approximate surface area is 112 Å². The molecule has 1 aromatic rings. The van der Waals surface area contributed by atoms with Gasteiger partial charge in [0.05, 0.1) is 12.1 Å². The van der Waals surface area contributed by atoms with Crippen LogP contribution in [0.2, 0.25) is 0 Å². The van der Waals surface area contributed by atoms with Crippen molar-refractivity contribution in [3.63, 3.8) is 0 Å². The van der Waals surface area contributed by atoms with Crippen molar-refractivity contribution in [3.8, 4) is 0 Å². The van der Waals surface area contributed by atoms with Crippen LogP contribution in [0, 0.1) is 6.92 Å². The summed E-state index contributed by atoms with van der Waals surface area (Å²) in [4.78, 5) is 16.0. The molecule has 0 saturated heterocycles. The molecule has 98 valence electrons. The van der Waals surface area contributed by atoms with Crippen LogP contribution in [0.15, 0.2) is 5.38 Å². The molecular weight excluding hydrogens is 258 g/mol. The normalized spacial score (nSPS) is 13.6. The SMILES string of the molecule is CCCC(C)(N)C(=O)NCc1nc(C)cs1.Cl. The molecule has 0 saturated carbocycles. The molecule has 3 N–H and O–H groups in total.